The molecule has 3 rings (SSSR count). The predicted molar refractivity (Wildman–Crippen MR) is 96.1 cm³/mol. The van der Waals surface area contributed by atoms with Crippen LogP contribution in [0.5, 0.6) is 23.1 Å². The Hall–Kier alpha value is -3.31. The molecule has 0 aliphatic carbocycles. The molecule has 11 nitrogen and oxygen atoms in total. The summed E-state index contributed by atoms with van der Waals surface area (Å²) in [5, 5.41) is 34.0. The second kappa shape index (κ2) is 7.37. The lowest BCUT2D eigenvalue weighted by molar-refractivity contribution is -0.385. The Bertz CT molecular complexity index is 1090. The van der Waals surface area contributed by atoms with Crippen molar-refractivity contribution in [2.45, 2.75) is 0 Å². The Morgan fingerprint density at radius 2 is 1.89 bits per heavy atom. The zero-order valence-corrected chi connectivity index (χ0v) is 15.6. The summed E-state index contributed by atoms with van der Waals surface area (Å²) in [6.45, 7) is 0. The van der Waals surface area contributed by atoms with E-state index in [1.54, 1.807) is 0 Å². The lowest BCUT2D eigenvalue weighted by Crippen LogP contribution is -1.98. The van der Waals surface area contributed by atoms with Crippen LogP contribution < -0.4 is 9.47 Å². The zero-order chi connectivity index (χ0) is 20.6. The first kappa shape index (κ1) is 19.5. The first-order chi connectivity index (χ1) is 13.3. The number of nitrogens with zero attached hydrogens (tertiary/aromatic N) is 4. The van der Waals surface area contributed by atoms with Crippen molar-refractivity contribution < 1.29 is 29.1 Å². The number of hydrogen-bond acceptors (Lipinski definition) is 10. The molecule has 0 spiro atoms. The van der Waals surface area contributed by atoms with E-state index in [1.807, 2.05) is 0 Å². The molecule has 0 atom stereocenters. The van der Waals surface area contributed by atoms with Gasteiger partial charge in [-0.1, -0.05) is 28.4 Å². The molecule has 1 aromatic carbocycles. The molecule has 0 fully saturated rings. The maximum atomic E-state index is 11.0. The number of methoxy groups -OCH3 is 2. The van der Waals surface area contributed by atoms with Gasteiger partial charge in [-0.2, -0.15) is 9.97 Å². The fourth-order valence-electron chi connectivity index (χ4n) is 2.32. The maximum Gasteiger partial charge on any atom is 0.315 e. The lowest BCUT2D eigenvalue weighted by atomic mass is 10.1. The summed E-state index contributed by atoms with van der Waals surface area (Å²) < 4.78 is 15.3. The third kappa shape index (κ3) is 3.21. The Morgan fingerprint density at radius 1 is 1.18 bits per heavy atom. The average Bonchev–Trinajstić information content (AvgIpc) is 3.14. The van der Waals surface area contributed by atoms with E-state index in [-0.39, 0.29) is 44.6 Å². The summed E-state index contributed by atoms with van der Waals surface area (Å²) in [5.74, 6) is -1.79. The van der Waals surface area contributed by atoms with Gasteiger partial charge >= 0.3 is 5.69 Å². The van der Waals surface area contributed by atoms with Gasteiger partial charge in [0.1, 0.15) is 15.7 Å². The number of nitro groups is 1. The van der Waals surface area contributed by atoms with Crippen LogP contribution in [0.15, 0.2) is 16.7 Å². The quantitative estimate of drug-likeness (QED) is 0.267. The van der Waals surface area contributed by atoms with Gasteiger partial charge in [-0.3, -0.25) is 10.1 Å². The molecule has 2 aromatic heterocycles. The van der Waals surface area contributed by atoms with Crippen LogP contribution in [0.4, 0.5) is 5.69 Å². The summed E-state index contributed by atoms with van der Waals surface area (Å²) in [6, 6.07) is 1.99. The van der Waals surface area contributed by atoms with E-state index in [4.69, 9.17) is 37.2 Å². The number of aromatic nitrogens is 3. The van der Waals surface area contributed by atoms with E-state index >= 15 is 0 Å². The number of benzene rings is 1. The first-order valence-electron chi connectivity index (χ1n) is 7.30. The number of hydrogen-bond donors (Lipinski definition) is 2. The van der Waals surface area contributed by atoms with E-state index in [2.05, 4.69) is 15.1 Å². The molecular weight excluding hydrogens is 419 g/mol. The second-order valence-electron chi connectivity index (χ2n) is 5.18. The van der Waals surface area contributed by atoms with Crippen LogP contribution in [0.3, 0.4) is 0 Å². The van der Waals surface area contributed by atoms with Crippen molar-refractivity contribution in [3.8, 4) is 46.0 Å². The fraction of sp³-hybridized carbons (Fsp3) is 0.133. The van der Waals surface area contributed by atoms with Crippen molar-refractivity contribution >= 4 is 28.9 Å². The number of nitro benzene ring substituents is 1. The largest absolute Gasteiger partial charge is 0.504 e. The topological polar surface area (TPSA) is 154 Å². The van der Waals surface area contributed by atoms with Crippen molar-refractivity contribution in [1.82, 2.24) is 15.1 Å². The molecule has 2 heterocycles. The van der Waals surface area contributed by atoms with Gasteiger partial charge in [0.15, 0.2) is 11.5 Å². The molecule has 13 heteroatoms. The fourth-order valence-corrected chi connectivity index (χ4v) is 2.86. The Kier molecular flexibility index (Phi) is 5.12. The standard InChI is InChI=1S/C15H10Cl2N4O7/c1-26-11-8(12(17)18-15(27-2)9(11)16)13-19-14(28-20-13)5-3-6(21(24)25)10(23)7(22)4-5/h3-4,22-23H,1-2H3. The van der Waals surface area contributed by atoms with E-state index in [0.717, 1.165) is 12.1 Å². The first-order valence-corrected chi connectivity index (χ1v) is 8.05. The van der Waals surface area contributed by atoms with Crippen LogP contribution in [-0.2, 0) is 0 Å². The number of halogens is 2. The summed E-state index contributed by atoms with van der Waals surface area (Å²) in [6.07, 6.45) is 0. The van der Waals surface area contributed by atoms with Gasteiger partial charge in [-0.15, -0.1) is 0 Å². The minimum atomic E-state index is -0.885. The number of pyridine rings is 1. The van der Waals surface area contributed by atoms with Crippen molar-refractivity contribution in [2.75, 3.05) is 14.2 Å². The Balaban J connectivity index is 2.14. The number of ether oxygens (including phenoxy) is 2. The van der Waals surface area contributed by atoms with Gasteiger partial charge in [0.2, 0.25) is 17.5 Å². The van der Waals surface area contributed by atoms with Crippen LogP contribution in [0.25, 0.3) is 22.8 Å². The Labute approximate surface area is 166 Å². The minimum absolute atomic E-state index is 0.0107. The number of rotatable bonds is 5. The Morgan fingerprint density at radius 3 is 2.50 bits per heavy atom. The third-order valence-electron chi connectivity index (χ3n) is 3.58. The van der Waals surface area contributed by atoms with Crippen molar-refractivity contribution in [3.05, 3.63) is 32.4 Å². The van der Waals surface area contributed by atoms with Crippen LogP contribution >= 0.6 is 23.2 Å². The smallest absolute Gasteiger partial charge is 0.315 e. The van der Waals surface area contributed by atoms with Gasteiger partial charge in [0, 0.05) is 6.07 Å². The average molecular weight is 429 g/mol. The van der Waals surface area contributed by atoms with Gasteiger partial charge in [-0.25, -0.2) is 0 Å². The molecule has 3 aromatic rings. The molecule has 0 aliphatic heterocycles. The number of phenols is 2. The molecule has 2 N–H and O–H groups in total. The number of aromatic hydroxyl groups is 2. The second-order valence-corrected chi connectivity index (χ2v) is 5.91. The summed E-state index contributed by atoms with van der Waals surface area (Å²) >= 11 is 12.3. The lowest BCUT2D eigenvalue weighted by Gasteiger charge is -2.11. The van der Waals surface area contributed by atoms with Crippen LogP contribution in [0.1, 0.15) is 0 Å². The maximum absolute atomic E-state index is 11.0. The molecule has 0 saturated heterocycles. The van der Waals surface area contributed by atoms with Crippen LogP contribution in [-0.4, -0.2) is 44.5 Å². The highest BCUT2D eigenvalue weighted by atomic mass is 35.5. The van der Waals surface area contributed by atoms with Crippen molar-refractivity contribution in [1.29, 1.82) is 0 Å². The summed E-state index contributed by atoms with van der Waals surface area (Å²) in [7, 11) is 2.68. The minimum Gasteiger partial charge on any atom is -0.504 e. The van der Waals surface area contributed by atoms with E-state index in [1.165, 1.54) is 14.2 Å². The molecule has 0 aliphatic rings. The van der Waals surface area contributed by atoms with E-state index < -0.39 is 22.1 Å². The zero-order valence-electron chi connectivity index (χ0n) is 14.1. The van der Waals surface area contributed by atoms with Crippen molar-refractivity contribution in [3.63, 3.8) is 0 Å². The molecule has 0 amide bonds. The van der Waals surface area contributed by atoms with E-state index in [0.29, 0.717) is 0 Å². The van der Waals surface area contributed by atoms with Gasteiger partial charge in [0.25, 0.3) is 5.89 Å². The summed E-state index contributed by atoms with van der Waals surface area (Å²) in [5.41, 5.74) is -0.648. The molecule has 28 heavy (non-hydrogen) atoms. The highest BCUT2D eigenvalue weighted by molar-refractivity contribution is 6.36. The molecular formula is C15H10Cl2N4O7. The van der Waals surface area contributed by atoms with Crippen LogP contribution in [0.2, 0.25) is 10.2 Å². The van der Waals surface area contributed by atoms with Gasteiger partial charge < -0.3 is 24.2 Å². The highest BCUT2D eigenvalue weighted by Crippen LogP contribution is 2.44. The molecule has 146 valence electrons. The highest BCUT2D eigenvalue weighted by Gasteiger charge is 2.26. The van der Waals surface area contributed by atoms with E-state index in [9.17, 15) is 20.3 Å². The molecule has 0 unspecified atom stereocenters. The monoisotopic (exact) mass is 428 g/mol. The van der Waals surface area contributed by atoms with Crippen molar-refractivity contribution in [2.24, 2.45) is 0 Å². The van der Waals surface area contributed by atoms with Gasteiger partial charge in [0.05, 0.1) is 24.7 Å². The number of phenolic OH excluding ortho intramolecular Hbond substituents is 2. The summed E-state index contributed by atoms with van der Waals surface area (Å²) in [4.78, 5) is 18.2. The molecule has 0 saturated carbocycles. The predicted octanol–water partition coefficient (Wildman–Crippen LogP) is 3.44. The normalized spacial score (nSPS) is 10.7. The molecule has 0 radical (unpaired) electrons. The SMILES string of the molecule is COc1nc(Cl)c(-c2noc(-c3cc(O)c(O)c([N+](=O)[O-])c3)n2)c(OC)c1Cl. The molecule has 0 bridgehead atoms. The van der Waals surface area contributed by atoms with Gasteiger partial charge in [-0.05, 0) is 6.07 Å². The van der Waals surface area contributed by atoms with Crippen LogP contribution in [0, 0.1) is 10.1 Å². The third-order valence-corrected chi connectivity index (χ3v) is 4.19.